The highest BCUT2D eigenvalue weighted by Gasteiger charge is 2.26. The largest absolute Gasteiger partial charge is 0.392 e. The fourth-order valence-corrected chi connectivity index (χ4v) is 3.13. The standard InChI is InChI=1S/C11H16N2O4S/c14-9-10-2-3-11(12-8-10)18(15,16)13-4-1-6-17-7-5-13/h2-3,8,14H,1,4-7,9H2. The minimum atomic E-state index is -3.55. The van der Waals surface area contributed by atoms with Crippen molar-refractivity contribution in [3.8, 4) is 0 Å². The number of hydrogen-bond donors (Lipinski definition) is 1. The molecule has 6 nitrogen and oxygen atoms in total. The third-order valence-corrected chi connectivity index (χ3v) is 4.58. The third kappa shape index (κ3) is 2.86. The summed E-state index contributed by atoms with van der Waals surface area (Å²) in [7, 11) is -3.55. The number of aliphatic hydroxyl groups is 1. The molecule has 0 aliphatic carbocycles. The second-order valence-electron chi connectivity index (χ2n) is 4.03. The molecule has 1 aromatic rings. The first-order valence-corrected chi connectivity index (χ1v) is 7.22. The van der Waals surface area contributed by atoms with Crippen LogP contribution in [0, 0.1) is 0 Å². The van der Waals surface area contributed by atoms with E-state index in [9.17, 15) is 8.42 Å². The lowest BCUT2D eigenvalue weighted by atomic mass is 10.3. The number of aliphatic hydroxyl groups excluding tert-OH is 1. The number of sulfonamides is 1. The molecule has 1 aliphatic rings. The number of hydrogen-bond acceptors (Lipinski definition) is 5. The van der Waals surface area contributed by atoms with Crippen molar-refractivity contribution in [2.24, 2.45) is 0 Å². The molecule has 1 saturated heterocycles. The molecular formula is C11H16N2O4S. The van der Waals surface area contributed by atoms with Crippen LogP contribution >= 0.6 is 0 Å². The van der Waals surface area contributed by atoms with Gasteiger partial charge < -0.3 is 9.84 Å². The maximum Gasteiger partial charge on any atom is 0.260 e. The molecule has 0 unspecified atom stereocenters. The van der Waals surface area contributed by atoms with E-state index in [0.29, 0.717) is 38.3 Å². The highest BCUT2D eigenvalue weighted by molar-refractivity contribution is 7.89. The smallest absolute Gasteiger partial charge is 0.260 e. The van der Waals surface area contributed by atoms with Crippen LogP contribution in [0.25, 0.3) is 0 Å². The van der Waals surface area contributed by atoms with E-state index >= 15 is 0 Å². The first-order valence-electron chi connectivity index (χ1n) is 5.78. The van der Waals surface area contributed by atoms with Crippen molar-refractivity contribution in [1.82, 2.24) is 9.29 Å². The van der Waals surface area contributed by atoms with Crippen molar-refractivity contribution in [1.29, 1.82) is 0 Å². The second kappa shape index (κ2) is 5.75. The van der Waals surface area contributed by atoms with E-state index in [0.717, 1.165) is 0 Å². The minimum Gasteiger partial charge on any atom is -0.392 e. The molecule has 100 valence electrons. The molecule has 2 heterocycles. The maximum atomic E-state index is 12.3. The monoisotopic (exact) mass is 272 g/mol. The zero-order valence-corrected chi connectivity index (χ0v) is 10.8. The normalized spacial score (nSPS) is 18.5. The van der Waals surface area contributed by atoms with Gasteiger partial charge in [-0.3, -0.25) is 0 Å². The Labute approximate surface area is 106 Å². The average molecular weight is 272 g/mol. The summed E-state index contributed by atoms with van der Waals surface area (Å²) < 4.78 is 31.2. The predicted octanol–water partition coefficient (Wildman–Crippen LogP) is -0.0151. The third-order valence-electron chi connectivity index (χ3n) is 2.77. The number of pyridine rings is 1. The van der Waals surface area contributed by atoms with Gasteiger partial charge in [0.25, 0.3) is 10.0 Å². The van der Waals surface area contributed by atoms with Crippen LogP contribution in [0.4, 0.5) is 0 Å². The molecule has 0 saturated carbocycles. The summed E-state index contributed by atoms with van der Waals surface area (Å²) in [5.74, 6) is 0. The number of nitrogens with zero attached hydrogens (tertiary/aromatic N) is 2. The van der Waals surface area contributed by atoms with Gasteiger partial charge in [0.1, 0.15) is 0 Å². The molecule has 1 fully saturated rings. The molecule has 7 heteroatoms. The Balaban J connectivity index is 2.22. The molecule has 0 aromatic carbocycles. The first-order chi connectivity index (χ1) is 8.64. The summed E-state index contributed by atoms with van der Waals surface area (Å²) >= 11 is 0. The Kier molecular flexibility index (Phi) is 4.28. The van der Waals surface area contributed by atoms with Crippen LogP contribution < -0.4 is 0 Å². The SMILES string of the molecule is O=S(=O)(c1ccc(CO)cn1)N1CCCOCC1. The molecule has 0 amide bonds. The van der Waals surface area contributed by atoms with Crippen molar-refractivity contribution in [2.45, 2.75) is 18.1 Å². The van der Waals surface area contributed by atoms with Gasteiger partial charge in [-0.15, -0.1) is 0 Å². The number of rotatable bonds is 3. The summed E-state index contributed by atoms with van der Waals surface area (Å²) in [5.41, 5.74) is 0.591. The molecule has 0 atom stereocenters. The van der Waals surface area contributed by atoms with Crippen LogP contribution in [0.1, 0.15) is 12.0 Å². The van der Waals surface area contributed by atoms with Crippen LogP contribution in [0.15, 0.2) is 23.4 Å². The molecule has 1 N–H and O–H groups in total. The number of ether oxygens (including phenoxy) is 1. The van der Waals surface area contributed by atoms with Crippen LogP contribution in [-0.2, 0) is 21.4 Å². The quantitative estimate of drug-likeness (QED) is 0.837. The Morgan fingerprint density at radius 2 is 2.17 bits per heavy atom. The van der Waals surface area contributed by atoms with Gasteiger partial charge in [-0.05, 0) is 18.1 Å². The van der Waals surface area contributed by atoms with Crippen molar-refractivity contribution >= 4 is 10.0 Å². The Hall–Kier alpha value is -1.02. The van der Waals surface area contributed by atoms with Crippen molar-refractivity contribution < 1.29 is 18.3 Å². The molecule has 1 aliphatic heterocycles. The van der Waals surface area contributed by atoms with E-state index in [-0.39, 0.29) is 11.6 Å². The van der Waals surface area contributed by atoms with Crippen LogP contribution in [0.5, 0.6) is 0 Å². The highest BCUT2D eigenvalue weighted by Crippen LogP contribution is 2.15. The molecular weight excluding hydrogens is 256 g/mol. The van der Waals surface area contributed by atoms with Gasteiger partial charge in [0.15, 0.2) is 5.03 Å². The van der Waals surface area contributed by atoms with Gasteiger partial charge in [-0.2, -0.15) is 4.31 Å². The summed E-state index contributed by atoms with van der Waals surface area (Å²) in [6, 6.07) is 2.99. The Morgan fingerprint density at radius 1 is 1.33 bits per heavy atom. The maximum absolute atomic E-state index is 12.3. The Morgan fingerprint density at radius 3 is 2.83 bits per heavy atom. The first kappa shape index (κ1) is 13.4. The lowest BCUT2D eigenvalue weighted by Crippen LogP contribution is -2.33. The highest BCUT2D eigenvalue weighted by atomic mass is 32.2. The van der Waals surface area contributed by atoms with E-state index in [1.165, 1.54) is 16.6 Å². The second-order valence-corrected chi connectivity index (χ2v) is 5.92. The van der Waals surface area contributed by atoms with E-state index in [2.05, 4.69) is 4.98 Å². The number of aromatic nitrogens is 1. The van der Waals surface area contributed by atoms with Crippen LogP contribution in [0.3, 0.4) is 0 Å². The van der Waals surface area contributed by atoms with Gasteiger partial charge in [0.2, 0.25) is 0 Å². The van der Waals surface area contributed by atoms with Gasteiger partial charge >= 0.3 is 0 Å². The molecule has 0 bridgehead atoms. The zero-order valence-electron chi connectivity index (χ0n) is 9.95. The van der Waals surface area contributed by atoms with Gasteiger partial charge in [0.05, 0.1) is 13.2 Å². The van der Waals surface area contributed by atoms with Crippen molar-refractivity contribution in [2.75, 3.05) is 26.3 Å². The van der Waals surface area contributed by atoms with Crippen molar-refractivity contribution in [3.05, 3.63) is 23.9 Å². The molecule has 0 spiro atoms. The van der Waals surface area contributed by atoms with E-state index in [4.69, 9.17) is 9.84 Å². The lowest BCUT2D eigenvalue weighted by molar-refractivity contribution is 0.148. The average Bonchev–Trinajstić information content (AvgIpc) is 2.68. The topological polar surface area (TPSA) is 79.7 Å². The van der Waals surface area contributed by atoms with Crippen LogP contribution in [0.2, 0.25) is 0 Å². The van der Waals surface area contributed by atoms with Crippen molar-refractivity contribution in [3.63, 3.8) is 0 Å². The van der Waals surface area contributed by atoms with Gasteiger partial charge in [-0.25, -0.2) is 13.4 Å². The molecule has 1 aromatic heterocycles. The predicted molar refractivity (Wildman–Crippen MR) is 64.4 cm³/mol. The molecule has 2 rings (SSSR count). The Bertz CT molecular complexity index is 478. The summed E-state index contributed by atoms with van der Waals surface area (Å²) in [6.45, 7) is 1.65. The van der Waals surface area contributed by atoms with Crippen LogP contribution in [-0.4, -0.2) is 49.1 Å². The van der Waals surface area contributed by atoms with Gasteiger partial charge in [-0.1, -0.05) is 6.07 Å². The fourth-order valence-electron chi connectivity index (χ4n) is 1.75. The summed E-state index contributed by atoms with van der Waals surface area (Å²) in [6.07, 6.45) is 2.06. The lowest BCUT2D eigenvalue weighted by Gasteiger charge is -2.18. The minimum absolute atomic E-state index is 0.0154. The zero-order chi connectivity index (χ0) is 13.0. The fraction of sp³-hybridized carbons (Fsp3) is 0.545. The van der Waals surface area contributed by atoms with E-state index in [1.807, 2.05) is 0 Å². The molecule has 18 heavy (non-hydrogen) atoms. The summed E-state index contributed by atoms with van der Waals surface area (Å²) in [5, 5.41) is 8.92. The molecule has 0 radical (unpaired) electrons. The summed E-state index contributed by atoms with van der Waals surface area (Å²) in [4.78, 5) is 3.90. The van der Waals surface area contributed by atoms with Gasteiger partial charge in [0, 0.05) is 25.9 Å². The van der Waals surface area contributed by atoms with E-state index < -0.39 is 10.0 Å². The van der Waals surface area contributed by atoms with E-state index in [1.54, 1.807) is 6.07 Å².